The molecule has 0 radical (unpaired) electrons. The average Bonchev–Trinajstić information content (AvgIpc) is 3.09. The molecular formula is C19H17N3O4. The fourth-order valence-corrected chi connectivity index (χ4v) is 2.34. The van der Waals surface area contributed by atoms with Gasteiger partial charge in [-0.25, -0.2) is 14.8 Å². The van der Waals surface area contributed by atoms with E-state index in [-0.39, 0.29) is 19.8 Å². The lowest BCUT2D eigenvalue weighted by molar-refractivity contribution is -0.145. The number of esters is 1. The van der Waals surface area contributed by atoms with Gasteiger partial charge < -0.3 is 19.2 Å². The third kappa shape index (κ3) is 3.92. The van der Waals surface area contributed by atoms with E-state index >= 15 is 0 Å². The fourth-order valence-electron chi connectivity index (χ4n) is 2.34. The molecule has 26 heavy (non-hydrogen) atoms. The van der Waals surface area contributed by atoms with Gasteiger partial charge in [0.2, 0.25) is 0 Å². The lowest BCUT2D eigenvalue weighted by Crippen LogP contribution is -2.15. The number of rotatable bonds is 7. The van der Waals surface area contributed by atoms with Crippen LogP contribution in [0.5, 0.6) is 11.5 Å². The summed E-state index contributed by atoms with van der Waals surface area (Å²) < 4.78 is 16.0. The second-order valence-electron chi connectivity index (χ2n) is 5.20. The van der Waals surface area contributed by atoms with Crippen LogP contribution in [0.3, 0.4) is 0 Å². The van der Waals surface area contributed by atoms with Crippen molar-refractivity contribution in [2.24, 2.45) is 0 Å². The number of nitrogens with one attached hydrogen (secondary N) is 1. The number of H-pyrrole nitrogens is 1. The zero-order chi connectivity index (χ0) is 18.4. The van der Waals surface area contributed by atoms with E-state index in [4.69, 9.17) is 20.6 Å². The van der Waals surface area contributed by atoms with Gasteiger partial charge in [0.25, 0.3) is 0 Å². The van der Waals surface area contributed by atoms with Gasteiger partial charge in [0.05, 0.1) is 17.7 Å². The van der Waals surface area contributed by atoms with Crippen molar-refractivity contribution in [1.29, 1.82) is 0 Å². The van der Waals surface area contributed by atoms with Gasteiger partial charge in [-0.05, 0) is 31.2 Å². The summed E-state index contributed by atoms with van der Waals surface area (Å²) in [5, 5.41) is 0. The van der Waals surface area contributed by atoms with E-state index in [1.54, 1.807) is 31.3 Å². The zero-order valence-electron chi connectivity index (χ0n) is 14.2. The first-order chi connectivity index (χ1) is 12.7. The second-order valence-corrected chi connectivity index (χ2v) is 5.20. The number of imidazole rings is 1. The number of aromatic amines is 1. The van der Waals surface area contributed by atoms with Crippen molar-refractivity contribution in [2.45, 2.75) is 6.92 Å². The van der Waals surface area contributed by atoms with Gasteiger partial charge in [-0.15, -0.1) is 6.42 Å². The Hall–Kier alpha value is -3.53. The van der Waals surface area contributed by atoms with Crippen molar-refractivity contribution in [2.75, 3.05) is 19.8 Å². The van der Waals surface area contributed by atoms with Crippen molar-refractivity contribution in [3.05, 3.63) is 36.5 Å². The van der Waals surface area contributed by atoms with Crippen molar-refractivity contribution >= 4 is 17.1 Å². The summed E-state index contributed by atoms with van der Waals surface area (Å²) in [6.45, 7) is 1.93. The largest absolute Gasteiger partial charge is 0.481 e. The first-order valence-electron chi connectivity index (χ1n) is 8.01. The maximum Gasteiger partial charge on any atom is 0.344 e. The van der Waals surface area contributed by atoms with Gasteiger partial charge in [0.15, 0.2) is 12.3 Å². The SMILES string of the molecule is C#CCOc1ccc(-c2nc3ncccc3[nH]2)c(OCC(=O)OCC)c1. The summed E-state index contributed by atoms with van der Waals surface area (Å²) in [6.07, 6.45) is 6.89. The molecule has 7 nitrogen and oxygen atoms in total. The van der Waals surface area contributed by atoms with Gasteiger partial charge in [-0.3, -0.25) is 0 Å². The molecule has 3 aromatic rings. The van der Waals surface area contributed by atoms with Crippen LogP contribution in [0.4, 0.5) is 0 Å². The predicted molar refractivity (Wildman–Crippen MR) is 95.8 cm³/mol. The Labute approximate surface area is 150 Å². The molecule has 0 saturated carbocycles. The monoisotopic (exact) mass is 351 g/mol. The predicted octanol–water partition coefficient (Wildman–Crippen LogP) is 2.58. The summed E-state index contributed by atoms with van der Waals surface area (Å²) in [5.74, 6) is 3.46. The van der Waals surface area contributed by atoms with E-state index in [1.165, 1.54) is 0 Å². The summed E-state index contributed by atoms with van der Waals surface area (Å²) >= 11 is 0. The smallest absolute Gasteiger partial charge is 0.344 e. The number of aromatic nitrogens is 3. The Morgan fingerprint density at radius 2 is 2.19 bits per heavy atom. The van der Waals surface area contributed by atoms with Crippen LogP contribution in [0.2, 0.25) is 0 Å². The molecule has 0 saturated heterocycles. The van der Waals surface area contributed by atoms with Crippen LogP contribution in [0.15, 0.2) is 36.5 Å². The van der Waals surface area contributed by atoms with E-state index in [0.29, 0.717) is 28.5 Å². The molecular weight excluding hydrogens is 334 g/mol. The van der Waals surface area contributed by atoms with Crippen LogP contribution >= 0.6 is 0 Å². The van der Waals surface area contributed by atoms with Gasteiger partial charge in [-0.1, -0.05) is 5.92 Å². The Balaban J connectivity index is 1.94. The van der Waals surface area contributed by atoms with Crippen LogP contribution in [-0.4, -0.2) is 40.7 Å². The average molecular weight is 351 g/mol. The van der Waals surface area contributed by atoms with Crippen LogP contribution in [0.1, 0.15) is 6.92 Å². The highest BCUT2D eigenvalue weighted by Gasteiger charge is 2.14. The lowest BCUT2D eigenvalue weighted by Gasteiger charge is -2.12. The standard InChI is InChI=1S/C19H17N3O4/c1-3-10-25-13-7-8-14(16(11-13)26-12-17(23)24-4-2)18-21-15-6-5-9-20-19(15)22-18/h1,5-9,11H,4,10,12H2,2H3,(H,20,21,22). The van der Waals surface area contributed by atoms with E-state index in [2.05, 4.69) is 20.9 Å². The molecule has 0 amide bonds. The molecule has 3 rings (SSSR count). The van der Waals surface area contributed by atoms with Gasteiger partial charge in [0.1, 0.15) is 23.9 Å². The highest BCUT2D eigenvalue weighted by molar-refractivity contribution is 5.78. The van der Waals surface area contributed by atoms with E-state index < -0.39 is 5.97 Å². The van der Waals surface area contributed by atoms with Crippen molar-refractivity contribution in [1.82, 2.24) is 15.0 Å². The number of ether oxygens (including phenoxy) is 3. The number of terminal acetylenes is 1. The zero-order valence-corrected chi connectivity index (χ0v) is 14.2. The molecule has 0 fully saturated rings. The molecule has 0 bridgehead atoms. The molecule has 0 aliphatic heterocycles. The number of fused-ring (bicyclic) bond motifs is 1. The molecule has 7 heteroatoms. The molecule has 0 aliphatic rings. The van der Waals surface area contributed by atoms with Crippen LogP contribution in [0, 0.1) is 12.3 Å². The van der Waals surface area contributed by atoms with Crippen LogP contribution in [-0.2, 0) is 9.53 Å². The number of hydrogen-bond acceptors (Lipinski definition) is 6. The number of nitrogens with zero attached hydrogens (tertiary/aromatic N) is 2. The summed E-state index contributed by atoms with van der Waals surface area (Å²) in [5.41, 5.74) is 2.05. The van der Waals surface area contributed by atoms with Crippen molar-refractivity contribution in [3.8, 4) is 35.2 Å². The third-order valence-electron chi connectivity index (χ3n) is 3.44. The topological polar surface area (TPSA) is 86.3 Å². The fraction of sp³-hybridized carbons (Fsp3) is 0.211. The number of pyridine rings is 1. The summed E-state index contributed by atoms with van der Waals surface area (Å²) in [6, 6.07) is 8.89. The minimum absolute atomic E-state index is 0.130. The van der Waals surface area contributed by atoms with Crippen molar-refractivity contribution < 1.29 is 19.0 Å². The molecule has 0 spiro atoms. The molecule has 0 atom stereocenters. The Morgan fingerprint density at radius 3 is 2.96 bits per heavy atom. The van der Waals surface area contributed by atoms with Gasteiger partial charge >= 0.3 is 5.97 Å². The molecule has 132 valence electrons. The van der Waals surface area contributed by atoms with Crippen LogP contribution in [0.25, 0.3) is 22.6 Å². The minimum Gasteiger partial charge on any atom is -0.481 e. The summed E-state index contributed by atoms with van der Waals surface area (Å²) in [7, 11) is 0. The van der Waals surface area contributed by atoms with Crippen LogP contribution < -0.4 is 9.47 Å². The minimum atomic E-state index is -0.459. The molecule has 2 heterocycles. The lowest BCUT2D eigenvalue weighted by atomic mass is 10.2. The second kappa shape index (κ2) is 8.03. The first-order valence-corrected chi connectivity index (χ1v) is 8.01. The van der Waals surface area contributed by atoms with Gasteiger partial charge in [0, 0.05) is 12.3 Å². The number of hydrogen-bond donors (Lipinski definition) is 1. The number of benzene rings is 1. The highest BCUT2D eigenvalue weighted by atomic mass is 16.6. The Bertz CT molecular complexity index is 926. The van der Waals surface area contributed by atoms with Crippen molar-refractivity contribution in [3.63, 3.8) is 0 Å². The molecule has 0 unspecified atom stereocenters. The van der Waals surface area contributed by atoms with E-state index in [1.807, 2.05) is 12.1 Å². The molecule has 1 aromatic carbocycles. The number of carbonyl (C=O) groups is 1. The van der Waals surface area contributed by atoms with Gasteiger partial charge in [-0.2, -0.15) is 0 Å². The number of carbonyl (C=O) groups excluding carboxylic acids is 1. The quantitative estimate of drug-likeness (QED) is 0.520. The molecule has 2 aromatic heterocycles. The van der Waals surface area contributed by atoms with E-state index in [9.17, 15) is 4.79 Å². The Kier molecular flexibility index (Phi) is 5.34. The highest BCUT2D eigenvalue weighted by Crippen LogP contribution is 2.33. The molecule has 1 N–H and O–H groups in total. The normalized spacial score (nSPS) is 10.3. The first kappa shape index (κ1) is 17.3. The third-order valence-corrected chi connectivity index (χ3v) is 3.44. The maximum atomic E-state index is 11.6. The summed E-state index contributed by atoms with van der Waals surface area (Å²) in [4.78, 5) is 23.5. The van der Waals surface area contributed by atoms with E-state index in [0.717, 1.165) is 5.52 Å². The molecule has 0 aliphatic carbocycles. The maximum absolute atomic E-state index is 11.6. The Morgan fingerprint density at radius 1 is 1.31 bits per heavy atom.